The van der Waals surface area contributed by atoms with Gasteiger partial charge in [0.1, 0.15) is 17.3 Å². The topological polar surface area (TPSA) is 76.1 Å². The summed E-state index contributed by atoms with van der Waals surface area (Å²) in [7, 11) is 0. The number of hydrogen-bond donors (Lipinski definition) is 1. The first-order valence-corrected chi connectivity index (χ1v) is 12.1. The van der Waals surface area contributed by atoms with E-state index in [9.17, 15) is 14.7 Å². The van der Waals surface area contributed by atoms with Gasteiger partial charge in [-0.25, -0.2) is 0 Å². The molecule has 1 amide bonds. The second-order valence-electron chi connectivity index (χ2n) is 9.19. The minimum atomic E-state index is -0.788. The molecule has 1 atom stereocenters. The summed E-state index contributed by atoms with van der Waals surface area (Å²) >= 11 is 0. The van der Waals surface area contributed by atoms with Crippen LogP contribution < -0.4 is 14.4 Å². The summed E-state index contributed by atoms with van der Waals surface area (Å²) < 4.78 is 11.3. The zero-order valence-electron chi connectivity index (χ0n) is 21.0. The number of aliphatic hydroxyl groups is 1. The Morgan fingerprint density at radius 1 is 0.944 bits per heavy atom. The third-order valence-corrected chi connectivity index (χ3v) is 6.04. The molecule has 1 N–H and O–H groups in total. The fourth-order valence-electron chi connectivity index (χ4n) is 4.31. The molecule has 0 spiro atoms. The Morgan fingerprint density at radius 3 is 2.33 bits per heavy atom. The molecule has 0 aliphatic carbocycles. The van der Waals surface area contributed by atoms with E-state index < -0.39 is 17.7 Å². The maximum atomic E-state index is 13.4. The van der Waals surface area contributed by atoms with Gasteiger partial charge in [-0.15, -0.1) is 0 Å². The summed E-state index contributed by atoms with van der Waals surface area (Å²) in [4.78, 5) is 28.2. The molecular weight excluding hydrogens is 454 g/mol. The van der Waals surface area contributed by atoms with Crippen molar-refractivity contribution in [3.8, 4) is 11.5 Å². The maximum absolute atomic E-state index is 13.4. The van der Waals surface area contributed by atoms with Crippen molar-refractivity contribution in [1.29, 1.82) is 0 Å². The van der Waals surface area contributed by atoms with E-state index in [0.717, 1.165) is 11.1 Å². The summed E-state index contributed by atoms with van der Waals surface area (Å²) in [6.07, 6.45) is 0. The zero-order chi connectivity index (χ0) is 25.8. The number of carbonyl (C=O) groups is 2. The molecule has 0 bridgehead atoms. The molecule has 0 radical (unpaired) electrons. The number of carbonyl (C=O) groups excluding carboxylic acids is 2. The molecule has 1 aliphatic heterocycles. The molecule has 186 valence electrons. The monoisotopic (exact) mass is 485 g/mol. The molecule has 36 heavy (non-hydrogen) atoms. The molecule has 1 unspecified atom stereocenters. The minimum Gasteiger partial charge on any atom is -0.507 e. The lowest BCUT2D eigenvalue weighted by Gasteiger charge is -2.27. The highest BCUT2D eigenvalue weighted by Crippen LogP contribution is 2.43. The van der Waals surface area contributed by atoms with Gasteiger partial charge >= 0.3 is 0 Å². The molecule has 3 aromatic carbocycles. The number of nitrogens with zero attached hydrogens (tertiary/aromatic N) is 1. The third kappa shape index (κ3) is 4.98. The Hall–Kier alpha value is -4.06. The first-order chi connectivity index (χ1) is 17.3. The third-order valence-electron chi connectivity index (χ3n) is 6.04. The maximum Gasteiger partial charge on any atom is 0.300 e. The van der Waals surface area contributed by atoms with Gasteiger partial charge in [-0.05, 0) is 67.3 Å². The Labute approximate surface area is 211 Å². The lowest BCUT2D eigenvalue weighted by molar-refractivity contribution is -0.132. The number of ether oxygens (including phenoxy) is 2. The van der Waals surface area contributed by atoms with E-state index in [4.69, 9.17) is 9.47 Å². The van der Waals surface area contributed by atoms with Gasteiger partial charge in [0.05, 0.1) is 24.8 Å². The van der Waals surface area contributed by atoms with E-state index in [1.807, 2.05) is 38.1 Å². The highest BCUT2D eigenvalue weighted by molar-refractivity contribution is 6.51. The van der Waals surface area contributed by atoms with Gasteiger partial charge in [0.25, 0.3) is 11.7 Å². The predicted octanol–water partition coefficient (Wildman–Crippen LogP) is 6.05. The number of aliphatic hydroxyl groups excluding tert-OH is 1. The average molecular weight is 486 g/mol. The first-order valence-electron chi connectivity index (χ1n) is 12.1. The van der Waals surface area contributed by atoms with Gasteiger partial charge in [-0.3, -0.25) is 14.5 Å². The van der Waals surface area contributed by atoms with Crippen molar-refractivity contribution in [2.24, 2.45) is 5.92 Å². The molecule has 0 saturated carbocycles. The van der Waals surface area contributed by atoms with Gasteiger partial charge < -0.3 is 14.6 Å². The normalized spacial score (nSPS) is 17.0. The largest absolute Gasteiger partial charge is 0.507 e. The van der Waals surface area contributed by atoms with Crippen LogP contribution in [0.25, 0.3) is 5.76 Å². The molecule has 0 aromatic heterocycles. The number of anilines is 1. The number of benzene rings is 3. The number of rotatable bonds is 8. The first kappa shape index (κ1) is 25.0. The van der Waals surface area contributed by atoms with Gasteiger partial charge in [-0.2, -0.15) is 0 Å². The smallest absolute Gasteiger partial charge is 0.300 e. The number of ketones is 1. The number of aryl methyl sites for hydroxylation is 1. The molecule has 1 saturated heterocycles. The van der Waals surface area contributed by atoms with Crippen molar-refractivity contribution in [2.75, 3.05) is 18.1 Å². The van der Waals surface area contributed by atoms with Crippen LogP contribution in [0.5, 0.6) is 11.5 Å². The highest BCUT2D eigenvalue weighted by atomic mass is 16.5. The number of hydrogen-bond acceptors (Lipinski definition) is 5. The van der Waals surface area contributed by atoms with Crippen LogP contribution in [-0.4, -0.2) is 30.0 Å². The number of amides is 1. The summed E-state index contributed by atoms with van der Waals surface area (Å²) in [5, 5.41) is 11.4. The molecule has 3 aromatic rings. The Bertz CT molecular complexity index is 1290. The molecule has 6 nitrogen and oxygen atoms in total. The van der Waals surface area contributed by atoms with Crippen molar-refractivity contribution in [3.05, 3.63) is 95.1 Å². The zero-order valence-corrected chi connectivity index (χ0v) is 21.0. The van der Waals surface area contributed by atoms with Crippen molar-refractivity contribution < 1.29 is 24.2 Å². The minimum absolute atomic E-state index is 0.0445. The Kier molecular flexibility index (Phi) is 7.44. The van der Waals surface area contributed by atoms with Gasteiger partial charge in [0, 0.05) is 11.3 Å². The van der Waals surface area contributed by atoms with Crippen LogP contribution >= 0.6 is 0 Å². The molecule has 1 heterocycles. The number of Topliss-reactive ketones (excluding diaryl/α,β-unsaturated/α-hetero) is 1. The van der Waals surface area contributed by atoms with E-state index in [0.29, 0.717) is 41.9 Å². The van der Waals surface area contributed by atoms with E-state index in [1.54, 1.807) is 48.5 Å². The highest BCUT2D eigenvalue weighted by Gasteiger charge is 2.47. The fraction of sp³-hybridized carbons (Fsp3) is 0.267. The van der Waals surface area contributed by atoms with Crippen LogP contribution in [-0.2, 0) is 9.59 Å². The fourth-order valence-corrected chi connectivity index (χ4v) is 4.31. The van der Waals surface area contributed by atoms with Crippen molar-refractivity contribution in [1.82, 2.24) is 0 Å². The summed E-state index contributed by atoms with van der Waals surface area (Å²) in [6.45, 7) is 8.98. The van der Waals surface area contributed by atoms with Crippen LogP contribution in [0, 0.1) is 12.8 Å². The molecule has 1 aliphatic rings. The van der Waals surface area contributed by atoms with Gasteiger partial charge in [-0.1, -0.05) is 50.2 Å². The average Bonchev–Trinajstić information content (AvgIpc) is 3.13. The van der Waals surface area contributed by atoms with Crippen molar-refractivity contribution >= 4 is 23.1 Å². The lowest BCUT2D eigenvalue weighted by atomic mass is 9.92. The van der Waals surface area contributed by atoms with Gasteiger partial charge in [0.2, 0.25) is 0 Å². The summed E-state index contributed by atoms with van der Waals surface area (Å²) in [5.41, 5.74) is 2.67. The van der Waals surface area contributed by atoms with E-state index in [2.05, 4.69) is 13.8 Å². The predicted molar refractivity (Wildman–Crippen MR) is 140 cm³/mol. The lowest BCUT2D eigenvalue weighted by Crippen LogP contribution is -2.29. The van der Waals surface area contributed by atoms with E-state index >= 15 is 0 Å². The second-order valence-corrected chi connectivity index (χ2v) is 9.19. The molecule has 4 rings (SSSR count). The Morgan fingerprint density at radius 2 is 1.67 bits per heavy atom. The van der Waals surface area contributed by atoms with E-state index in [1.165, 1.54) is 4.90 Å². The van der Waals surface area contributed by atoms with Gasteiger partial charge in [0.15, 0.2) is 0 Å². The van der Waals surface area contributed by atoms with Crippen LogP contribution in [0.15, 0.2) is 78.4 Å². The molecule has 6 heteroatoms. The second kappa shape index (κ2) is 10.7. The molecule has 1 fully saturated rings. The van der Waals surface area contributed by atoms with Crippen LogP contribution in [0.3, 0.4) is 0 Å². The van der Waals surface area contributed by atoms with E-state index in [-0.39, 0.29) is 11.3 Å². The van der Waals surface area contributed by atoms with Crippen LogP contribution in [0.2, 0.25) is 0 Å². The molecular formula is C30H31NO5. The Balaban J connectivity index is 1.83. The standard InChI is InChI=1S/C30H31NO5/c1-5-35-24-11-8-10-21(17-24)28(32)26-27(25-12-7-6-9-20(25)4)31(30(34)29(26)33)22-13-15-23(16-14-22)36-18-19(2)3/h6-17,19,27,32H,5,18H2,1-4H3/b28-26+. The summed E-state index contributed by atoms with van der Waals surface area (Å²) in [6, 6.07) is 20.8. The van der Waals surface area contributed by atoms with Crippen LogP contribution in [0.1, 0.15) is 43.5 Å². The van der Waals surface area contributed by atoms with Crippen LogP contribution in [0.4, 0.5) is 5.69 Å². The SMILES string of the molecule is CCOc1cccc(/C(O)=C2\C(=O)C(=O)N(c3ccc(OCC(C)C)cc3)C2c2ccccc2C)c1. The van der Waals surface area contributed by atoms with Crippen molar-refractivity contribution in [2.45, 2.75) is 33.7 Å². The summed E-state index contributed by atoms with van der Waals surface area (Å²) in [5.74, 6) is -0.0268. The quantitative estimate of drug-likeness (QED) is 0.239. The van der Waals surface area contributed by atoms with Crippen molar-refractivity contribution in [3.63, 3.8) is 0 Å².